The summed E-state index contributed by atoms with van der Waals surface area (Å²) in [6.45, 7) is 0. The van der Waals surface area contributed by atoms with Crippen molar-refractivity contribution in [2.24, 2.45) is 0 Å². The molecule has 0 saturated carbocycles. The third-order valence-electron chi connectivity index (χ3n) is 1.66. The Morgan fingerprint density at radius 1 is 0.727 bits per heavy atom. The van der Waals surface area contributed by atoms with Gasteiger partial charge in [-0.1, -0.05) is 8.01 Å². The monoisotopic (exact) mass is 389 g/mol. The Balaban J connectivity index is -0.00000200. The van der Waals surface area contributed by atoms with E-state index in [1.165, 1.54) is 0 Å². The molecule has 0 radical (unpaired) electrons. The Kier molecular flexibility index (Phi) is 6.55. The molecule has 0 fully saturated rings. The summed E-state index contributed by atoms with van der Waals surface area (Å²) in [5, 5.41) is -7.32. The standard InChI is InChI=1S/C4HF10NO4S2.Li.H/c5-1(6,3(9,10)11)2(7,8)4(12,13)20(16,17)15-21(14,18)19;;/h15H;;/q;+1;-1. The van der Waals surface area contributed by atoms with E-state index in [2.05, 4.69) is 0 Å². The van der Waals surface area contributed by atoms with Crippen LogP contribution in [0.15, 0.2) is 0 Å². The van der Waals surface area contributed by atoms with Crippen LogP contribution in [0.4, 0.5) is 43.4 Å². The summed E-state index contributed by atoms with van der Waals surface area (Å²) in [5.41, 5.74) is 0. The summed E-state index contributed by atoms with van der Waals surface area (Å²) in [7, 11) is -14.2. The fourth-order valence-corrected chi connectivity index (χ4v) is 2.65. The van der Waals surface area contributed by atoms with Crippen LogP contribution in [0.25, 0.3) is 0 Å². The van der Waals surface area contributed by atoms with E-state index in [9.17, 15) is 60.2 Å². The fourth-order valence-electron chi connectivity index (χ4n) is 0.713. The fraction of sp³-hybridized carbons (Fsp3) is 1.00. The van der Waals surface area contributed by atoms with E-state index < -0.39 is 47.8 Å². The van der Waals surface area contributed by atoms with E-state index in [0.717, 1.165) is 0 Å². The molecule has 0 bridgehead atoms. The SMILES string of the molecule is O=S(=O)(F)NS(=O)(=O)C(F)(F)C(F)(F)C(F)(F)C(F)(F)F.[H-].[Li+]. The van der Waals surface area contributed by atoms with Crippen LogP contribution in [-0.2, 0) is 20.4 Å². The second-order valence-corrected chi connectivity index (χ2v) is 6.25. The van der Waals surface area contributed by atoms with Crippen molar-refractivity contribution in [3.63, 3.8) is 0 Å². The van der Waals surface area contributed by atoms with E-state index in [-0.39, 0.29) is 20.3 Å². The van der Waals surface area contributed by atoms with Crippen LogP contribution in [0.1, 0.15) is 1.43 Å². The predicted octanol–water partition coefficient (Wildman–Crippen LogP) is -1.34. The normalized spacial score (nSPS) is 15.4. The first-order valence-electron chi connectivity index (χ1n) is 3.88. The van der Waals surface area contributed by atoms with E-state index >= 15 is 0 Å². The first-order chi connectivity index (χ1) is 8.71. The zero-order valence-corrected chi connectivity index (χ0v) is 11.4. The summed E-state index contributed by atoms with van der Waals surface area (Å²) >= 11 is 0. The zero-order chi connectivity index (χ0) is 17.7. The van der Waals surface area contributed by atoms with Gasteiger partial charge in [0.2, 0.25) is 0 Å². The largest absolute Gasteiger partial charge is 1.00 e. The Bertz CT molecular complexity index is 615. The van der Waals surface area contributed by atoms with E-state index in [1.54, 1.807) is 0 Å². The third kappa shape index (κ3) is 3.99. The summed E-state index contributed by atoms with van der Waals surface area (Å²) in [6.07, 6.45) is -7.32. The summed E-state index contributed by atoms with van der Waals surface area (Å²) in [5.74, 6) is -15.2. The number of hydrogen-bond acceptors (Lipinski definition) is 4. The van der Waals surface area contributed by atoms with Gasteiger partial charge in [0.25, 0.3) is 10.0 Å². The molecule has 0 aliphatic carbocycles. The van der Waals surface area contributed by atoms with Crippen LogP contribution in [0.3, 0.4) is 0 Å². The van der Waals surface area contributed by atoms with Crippen molar-refractivity contribution in [3.8, 4) is 0 Å². The molecule has 0 atom stereocenters. The van der Waals surface area contributed by atoms with Crippen molar-refractivity contribution in [1.82, 2.24) is 4.13 Å². The van der Waals surface area contributed by atoms with Gasteiger partial charge in [0, 0.05) is 0 Å². The smallest absolute Gasteiger partial charge is 1.00 e. The number of alkyl halides is 9. The van der Waals surface area contributed by atoms with Gasteiger partial charge in [-0.15, -0.1) is 0 Å². The molecule has 0 rings (SSSR count). The number of halogens is 10. The van der Waals surface area contributed by atoms with Crippen molar-refractivity contribution in [1.29, 1.82) is 0 Å². The van der Waals surface area contributed by atoms with Crippen LogP contribution in [-0.4, -0.2) is 40.1 Å². The van der Waals surface area contributed by atoms with Crippen molar-refractivity contribution in [3.05, 3.63) is 0 Å². The summed E-state index contributed by atoms with van der Waals surface area (Å²) in [4.78, 5) is 0. The van der Waals surface area contributed by atoms with Gasteiger partial charge >= 0.3 is 52.5 Å². The van der Waals surface area contributed by atoms with E-state index in [0.29, 0.717) is 0 Å². The molecular weight excluding hydrogens is 387 g/mol. The third-order valence-corrected chi connectivity index (χ3v) is 4.27. The average molecular weight is 389 g/mol. The number of hydrogen-bond donors (Lipinski definition) is 1. The molecule has 5 nitrogen and oxygen atoms in total. The summed E-state index contributed by atoms with van der Waals surface area (Å²) in [6, 6.07) is 0. The van der Waals surface area contributed by atoms with Gasteiger partial charge in [0.15, 0.2) is 0 Å². The van der Waals surface area contributed by atoms with Crippen LogP contribution < -0.4 is 23.0 Å². The molecule has 0 heterocycles. The molecule has 0 spiro atoms. The van der Waals surface area contributed by atoms with Crippen LogP contribution in [0.5, 0.6) is 0 Å². The minimum atomic E-state index is -7.64. The minimum absolute atomic E-state index is 0. The van der Waals surface area contributed by atoms with Crippen LogP contribution in [0.2, 0.25) is 0 Å². The molecule has 22 heavy (non-hydrogen) atoms. The topological polar surface area (TPSA) is 80.3 Å². The van der Waals surface area contributed by atoms with Crippen LogP contribution in [0, 0.1) is 0 Å². The molecule has 0 unspecified atom stereocenters. The first-order valence-corrected chi connectivity index (χ1v) is 6.75. The molecule has 1 N–H and O–H groups in total. The van der Waals surface area contributed by atoms with Crippen molar-refractivity contribution in [2.45, 2.75) is 23.3 Å². The Morgan fingerprint density at radius 2 is 1.05 bits per heavy atom. The van der Waals surface area contributed by atoms with E-state index in [4.69, 9.17) is 0 Å². The molecule has 0 aromatic carbocycles. The number of rotatable bonds is 5. The second-order valence-electron chi connectivity index (χ2n) is 3.19. The van der Waals surface area contributed by atoms with Gasteiger partial charge < -0.3 is 1.43 Å². The van der Waals surface area contributed by atoms with Crippen molar-refractivity contribution < 1.29 is 80.5 Å². The average Bonchev–Trinajstić information content (AvgIpc) is 2.10. The van der Waals surface area contributed by atoms with Crippen molar-refractivity contribution in [2.75, 3.05) is 0 Å². The molecular formula is C4H2F10LiNO4S2. The van der Waals surface area contributed by atoms with Crippen molar-refractivity contribution >= 4 is 20.4 Å². The van der Waals surface area contributed by atoms with Gasteiger partial charge in [-0.2, -0.15) is 47.9 Å². The van der Waals surface area contributed by atoms with Gasteiger partial charge in [-0.25, -0.2) is 8.42 Å². The molecule has 18 heteroatoms. The van der Waals surface area contributed by atoms with Gasteiger partial charge in [-0.3, -0.25) is 0 Å². The molecule has 0 amide bonds. The zero-order valence-electron chi connectivity index (χ0n) is 10.7. The van der Waals surface area contributed by atoms with Gasteiger partial charge in [0.1, 0.15) is 0 Å². The number of sulfonamides is 1. The Morgan fingerprint density at radius 3 is 1.27 bits per heavy atom. The van der Waals surface area contributed by atoms with Gasteiger partial charge in [-0.05, 0) is 0 Å². The number of nitrogens with one attached hydrogen (secondary N) is 1. The molecule has 0 saturated heterocycles. The molecule has 0 aromatic heterocycles. The van der Waals surface area contributed by atoms with Gasteiger partial charge in [0.05, 0.1) is 0 Å². The maximum atomic E-state index is 12.7. The molecule has 0 aromatic rings. The Labute approximate surface area is 129 Å². The second kappa shape index (κ2) is 6.00. The molecule has 130 valence electrons. The maximum Gasteiger partial charge on any atom is 1.00 e. The molecule has 0 aliphatic rings. The van der Waals surface area contributed by atoms with E-state index in [1.807, 2.05) is 0 Å². The van der Waals surface area contributed by atoms with Crippen LogP contribution >= 0.6 is 0 Å². The summed E-state index contributed by atoms with van der Waals surface area (Å²) < 4.78 is 161. The predicted molar refractivity (Wildman–Crippen MR) is 44.1 cm³/mol. The first kappa shape index (κ1) is 24.0. The maximum absolute atomic E-state index is 12.7. The Hall–Kier alpha value is -0.243. The quantitative estimate of drug-likeness (QED) is 0.359. The molecule has 0 aliphatic heterocycles. The minimum Gasteiger partial charge on any atom is -1.00 e.